The highest BCUT2D eigenvalue weighted by molar-refractivity contribution is 5.92. The molecule has 1 heterocycles. The van der Waals surface area contributed by atoms with Crippen molar-refractivity contribution in [2.45, 2.75) is 0 Å². The Kier molecular flexibility index (Phi) is 4.50. The van der Waals surface area contributed by atoms with E-state index in [-0.39, 0.29) is 11.6 Å². The lowest BCUT2D eigenvalue weighted by molar-refractivity contribution is 0.0600. The number of carbonyl (C=O) groups is 2. The maximum Gasteiger partial charge on any atom is 0.337 e. The standard InChI is InChI=1S/C15H14N2O4/c1-16-14(18)13-9-12(7-8-17-13)21-11-5-3-10(4-6-11)15(19)20-2/h3-9H,1-2H3,(H,16,18). The normalized spacial score (nSPS) is 9.81. The summed E-state index contributed by atoms with van der Waals surface area (Å²) in [6.07, 6.45) is 1.49. The van der Waals surface area contributed by atoms with Gasteiger partial charge in [0.2, 0.25) is 0 Å². The van der Waals surface area contributed by atoms with Gasteiger partial charge in [0.05, 0.1) is 12.7 Å². The fourth-order valence-electron chi connectivity index (χ4n) is 1.64. The average molecular weight is 286 g/mol. The zero-order valence-corrected chi connectivity index (χ0v) is 11.6. The molecular formula is C15H14N2O4. The number of rotatable bonds is 4. The number of amides is 1. The van der Waals surface area contributed by atoms with Crippen LogP contribution in [0.1, 0.15) is 20.8 Å². The maximum absolute atomic E-state index is 11.5. The molecule has 21 heavy (non-hydrogen) atoms. The Labute approximate surface area is 121 Å². The Bertz CT molecular complexity index is 653. The molecule has 1 aromatic heterocycles. The van der Waals surface area contributed by atoms with Gasteiger partial charge in [0, 0.05) is 19.3 Å². The third kappa shape index (κ3) is 3.56. The van der Waals surface area contributed by atoms with E-state index in [2.05, 4.69) is 15.0 Å². The van der Waals surface area contributed by atoms with Crippen LogP contribution < -0.4 is 10.1 Å². The quantitative estimate of drug-likeness (QED) is 0.870. The second kappa shape index (κ2) is 6.51. The number of benzene rings is 1. The first-order valence-corrected chi connectivity index (χ1v) is 6.18. The SMILES string of the molecule is CNC(=O)c1cc(Oc2ccc(C(=O)OC)cc2)ccn1. The van der Waals surface area contributed by atoms with Crippen LogP contribution in [-0.4, -0.2) is 31.0 Å². The molecule has 6 nitrogen and oxygen atoms in total. The van der Waals surface area contributed by atoms with E-state index in [1.807, 2.05) is 0 Å². The Morgan fingerprint density at radius 2 is 1.81 bits per heavy atom. The molecule has 1 N–H and O–H groups in total. The topological polar surface area (TPSA) is 77.5 Å². The summed E-state index contributed by atoms with van der Waals surface area (Å²) in [7, 11) is 2.85. The van der Waals surface area contributed by atoms with Crippen LogP contribution in [0.2, 0.25) is 0 Å². The first kappa shape index (κ1) is 14.5. The van der Waals surface area contributed by atoms with Crippen LogP contribution >= 0.6 is 0 Å². The molecule has 0 saturated heterocycles. The van der Waals surface area contributed by atoms with Crippen molar-refractivity contribution in [2.75, 3.05) is 14.2 Å². The van der Waals surface area contributed by atoms with Crippen LogP contribution in [0.15, 0.2) is 42.6 Å². The summed E-state index contributed by atoms with van der Waals surface area (Å²) in [5.41, 5.74) is 0.701. The number of nitrogens with one attached hydrogen (secondary N) is 1. The number of methoxy groups -OCH3 is 1. The van der Waals surface area contributed by atoms with E-state index < -0.39 is 5.97 Å². The highest BCUT2D eigenvalue weighted by Gasteiger charge is 2.08. The summed E-state index contributed by atoms with van der Waals surface area (Å²) in [4.78, 5) is 26.8. The van der Waals surface area contributed by atoms with Crippen molar-refractivity contribution in [1.29, 1.82) is 0 Å². The van der Waals surface area contributed by atoms with E-state index in [1.54, 1.807) is 30.3 Å². The molecule has 0 atom stereocenters. The van der Waals surface area contributed by atoms with Gasteiger partial charge in [0.15, 0.2) is 0 Å². The summed E-state index contributed by atoms with van der Waals surface area (Å²) in [6, 6.07) is 9.66. The number of pyridine rings is 1. The van der Waals surface area contributed by atoms with E-state index in [9.17, 15) is 9.59 Å². The van der Waals surface area contributed by atoms with E-state index >= 15 is 0 Å². The molecule has 0 bridgehead atoms. The number of hydrogen-bond donors (Lipinski definition) is 1. The van der Waals surface area contributed by atoms with Crippen molar-refractivity contribution in [3.63, 3.8) is 0 Å². The average Bonchev–Trinajstić information content (AvgIpc) is 2.54. The van der Waals surface area contributed by atoms with Crippen LogP contribution in [0.25, 0.3) is 0 Å². The Hall–Kier alpha value is -2.89. The fourth-order valence-corrected chi connectivity index (χ4v) is 1.64. The van der Waals surface area contributed by atoms with Crippen molar-refractivity contribution >= 4 is 11.9 Å². The van der Waals surface area contributed by atoms with Crippen LogP contribution in [0.3, 0.4) is 0 Å². The van der Waals surface area contributed by atoms with Crippen LogP contribution in [0.4, 0.5) is 0 Å². The van der Waals surface area contributed by atoms with Gasteiger partial charge in [0.25, 0.3) is 5.91 Å². The second-order valence-electron chi connectivity index (χ2n) is 4.07. The fraction of sp³-hybridized carbons (Fsp3) is 0.133. The van der Waals surface area contributed by atoms with Crippen molar-refractivity contribution in [2.24, 2.45) is 0 Å². The van der Waals surface area contributed by atoms with Gasteiger partial charge in [-0.15, -0.1) is 0 Å². The Morgan fingerprint density at radius 1 is 1.10 bits per heavy atom. The summed E-state index contributed by atoms with van der Waals surface area (Å²) < 4.78 is 10.2. The lowest BCUT2D eigenvalue weighted by atomic mass is 10.2. The number of aromatic nitrogens is 1. The predicted octanol–water partition coefficient (Wildman–Crippen LogP) is 2.02. The molecular weight excluding hydrogens is 272 g/mol. The van der Waals surface area contributed by atoms with Crippen molar-refractivity contribution in [1.82, 2.24) is 10.3 Å². The molecule has 0 unspecified atom stereocenters. The molecule has 0 saturated carbocycles. The van der Waals surface area contributed by atoms with Crippen molar-refractivity contribution < 1.29 is 19.1 Å². The molecule has 0 aliphatic carbocycles. The zero-order chi connectivity index (χ0) is 15.2. The molecule has 108 valence electrons. The minimum Gasteiger partial charge on any atom is -0.465 e. The summed E-state index contributed by atoms with van der Waals surface area (Å²) in [6.45, 7) is 0. The maximum atomic E-state index is 11.5. The van der Waals surface area contributed by atoms with Crippen LogP contribution in [0, 0.1) is 0 Å². The molecule has 2 aromatic rings. The van der Waals surface area contributed by atoms with Gasteiger partial charge in [0.1, 0.15) is 17.2 Å². The van der Waals surface area contributed by atoms with Gasteiger partial charge in [-0.2, -0.15) is 0 Å². The van der Waals surface area contributed by atoms with Crippen molar-refractivity contribution in [3.8, 4) is 11.5 Å². The van der Waals surface area contributed by atoms with Crippen LogP contribution in [-0.2, 0) is 4.74 Å². The van der Waals surface area contributed by atoms with E-state index in [0.717, 1.165) is 0 Å². The number of ether oxygens (including phenoxy) is 2. The molecule has 6 heteroatoms. The van der Waals surface area contributed by atoms with Gasteiger partial charge in [-0.3, -0.25) is 9.78 Å². The summed E-state index contributed by atoms with van der Waals surface area (Å²) in [5.74, 6) is 0.319. The number of carbonyl (C=O) groups excluding carboxylic acids is 2. The predicted molar refractivity (Wildman–Crippen MR) is 75.5 cm³/mol. The number of nitrogens with zero attached hydrogens (tertiary/aromatic N) is 1. The summed E-state index contributed by atoms with van der Waals surface area (Å²) >= 11 is 0. The lowest BCUT2D eigenvalue weighted by Gasteiger charge is -2.07. The van der Waals surface area contributed by atoms with Gasteiger partial charge >= 0.3 is 5.97 Å². The Morgan fingerprint density at radius 3 is 2.43 bits per heavy atom. The van der Waals surface area contributed by atoms with Gasteiger partial charge in [-0.1, -0.05) is 0 Å². The zero-order valence-electron chi connectivity index (χ0n) is 11.6. The van der Waals surface area contributed by atoms with Crippen molar-refractivity contribution in [3.05, 3.63) is 53.9 Å². The molecule has 1 aromatic carbocycles. The highest BCUT2D eigenvalue weighted by Crippen LogP contribution is 2.22. The minimum atomic E-state index is -0.410. The monoisotopic (exact) mass is 286 g/mol. The lowest BCUT2D eigenvalue weighted by Crippen LogP contribution is -2.18. The van der Waals surface area contributed by atoms with E-state index in [0.29, 0.717) is 17.1 Å². The first-order valence-electron chi connectivity index (χ1n) is 6.18. The van der Waals surface area contributed by atoms with Crippen LogP contribution in [0.5, 0.6) is 11.5 Å². The molecule has 0 aliphatic rings. The molecule has 0 spiro atoms. The first-order chi connectivity index (χ1) is 10.1. The molecule has 0 fully saturated rings. The summed E-state index contributed by atoms with van der Waals surface area (Å²) in [5, 5.41) is 2.49. The second-order valence-corrected chi connectivity index (χ2v) is 4.07. The molecule has 2 rings (SSSR count). The van der Waals surface area contributed by atoms with Gasteiger partial charge in [-0.05, 0) is 30.3 Å². The smallest absolute Gasteiger partial charge is 0.337 e. The van der Waals surface area contributed by atoms with Gasteiger partial charge in [-0.25, -0.2) is 4.79 Å². The van der Waals surface area contributed by atoms with Gasteiger partial charge < -0.3 is 14.8 Å². The minimum absolute atomic E-state index is 0.265. The highest BCUT2D eigenvalue weighted by atomic mass is 16.5. The third-order valence-electron chi connectivity index (χ3n) is 2.70. The largest absolute Gasteiger partial charge is 0.465 e. The number of esters is 1. The van der Waals surface area contributed by atoms with E-state index in [1.165, 1.54) is 26.4 Å². The third-order valence-corrected chi connectivity index (χ3v) is 2.70. The molecule has 0 aliphatic heterocycles. The number of hydrogen-bond acceptors (Lipinski definition) is 5. The van der Waals surface area contributed by atoms with E-state index in [4.69, 9.17) is 4.74 Å². The molecule has 1 amide bonds. The Balaban J connectivity index is 2.15. The molecule has 0 radical (unpaired) electrons.